The van der Waals surface area contributed by atoms with E-state index in [1.807, 2.05) is 0 Å². The fourth-order valence-electron chi connectivity index (χ4n) is 1.12. The molecule has 5 heteroatoms. The minimum atomic E-state index is -0.654. The number of rotatable bonds is 0. The maximum atomic E-state index is 11.1. The van der Waals surface area contributed by atoms with Gasteiger partial charge in [-0.25, -0.2) is 4.79 Å². The van der Waals surface area contributed by atoms with E-state index < -0.39 is 5.97 Å². The number of fused-ring (bicyclic) bond motifs is 1. The molecule has 1 heterocycles. The molecule has 0 amide bonds. The molecular weight excluding hydrogens is 176 g/mol. The van der Waals surface area contributed by atoms with E-state index in [1.54, 1.807) is 0 Å². The van der Waals surface area contributed by atoms with Crippen molar-refractivity contribution in [1.29, 1.82) is 0 Å². The standard InChI is InChI=1S/C8H6O5/c9-4-1-5(10)7-6(2-4)12-3-13-8(7)11/h1-2,9-10H,3H2. The fraction of sp³-hybridized carbons (Fsp3) is 0.125. The second-order valence-electron chi connectivity index (χ2n) is 2.53. The van der Waals surface area contributed by atoms with Gasteiger partial charge >= 0.3 is 5.97 Å². The summed E-state index contributed by atoms with van der Waals surface area (Å²) in [5.74, 6) is -1.03. The lowest BCUT2D eigenvalue weighted by Gasteiger charge is -2.17. The van der Waals surface area contributed by atoms with Crippen molar-refractivity contribution in [2.75, 3.05) is 6.79 Å². The lowest BCUT2D eigenvalue weighted by atomic mass is 10.1. The van der Waals surface area contributed by atoms with Crippen LogP contribution in [0.15, 0.2) is 12.1 Å². The van der Waals surface area contributed by atoms with E-state index >= 15 is 0 Å². The van der Waals surface area contributed by atoms with E-state index in [0.29, 0.717) is 0 Å². The van der Waals surface area contributed by atoms with Crippen LogP contribution in [-0.4, -0.2) is 23.0 Å². The van der Waals surface area contributed by atoms with Gasteiger partial charge in [0.05, 0.1) is 0 Å². The van der Waals surface area contributed by atoms with E-state index in [9.17, 15) is 9.90 Å². The van der Waals surface area contributed by atoms with Gasteiger partial charge in [-0.1, -0.05) is 0 Å². The molecule has 1 aromatic carbocycles. The highest BCUT2D eigenvalue weighted by Gasteiger charge is 2.24. The highest BCUT2D eigenvalue weighted by molar-refractivity contribution is 5.96. The molecular formula is C8H6O5. The molecule has 0 radical (unpaired) electrons. The van der Waals surface area contributed by atoms with Crippen LogP contribution in [0, 0.1) is 0 Å². The first-order valence-electron chi connectivity index (χ1n) is 3.54. The third-order valence-electron chi connectivity index (χ3n) is 1.67. The molecule has 0 saturated heterocycles. The second-order valence-corrected chi connectivity index (χ2v) is 2.53. The second kappa shape index (κ2) is 2.55. The minimum absolute atomic E-state index is 0.0518. The van der Waals surface area contributed by atoms with Crippen LogP contribution in [0.1, 0.15) is 10.4 Å². The van der Waals surface area contributed by atoms with Crippen molar-refractivity contribution in [3.63, 3.8) is 0 Å². The Bertz CT molecular complexity index is 371. The lowest BCUT2D eigenvalue weighted by Crippen LogP contribution is -2.18. The molecule has 2 rings (SSSR count). The molecule has 13 heavy (non-hydrogen) atoms. The number of phenolic OH excluding ortho intramolecular Hbond substituents is 2. The smallest absolute Gasteiger partial charge is 0.348 e. The number of hydrogen-bond acceptors (Lipinski definition) is 5. The Hall–Kier alpha value is -1.91. The topological polar surface area (TPSA) is 76.0 Å². The first-order valence-corrected chi connectivity index (χ1v) is 3.54. The molecule has 0 bridgehead atoms. The lowest BCUT2D eigenvalue weighted by molar-refractivity contribution is 0.00432. The van der Waals surface area contributed by atoms with Crippen LogP contribution in [0.3, 0.4) is 0 Å². The van der Waals surface area contributed by atoms with Crippen molar-refractivity contribution in [3.05, 3.63) is 17.7 Å². The molecule has 0 saturated carbocycles. The summed E-state index contributed by atoms with van der Waals surface area (Å²) in [6, 6.07) is 2.30. The van der Waals surface area contributed by atoms with Gasteiger partial charge in [0.15, 0.2) is 0 Å². The molecule has 68 valence electrons. The molecule has 1 aliphatic heterocycles. The van der Waals surface area contributed by atoms with Crippen molar-refractivity contribution in [1.82, 2.24) is 0 Å². The third kappa shape index (κ3) is 1.14. The maximum Gasteiger partial charge on any atom is 0.348 e. The van der Waals surface area contributed by atoms with Gasteiger partial charge in [0.2, 0.25) is 6.79 Å². The highest BCUT2D eigenvalue weighted by atomic mass is 16.7. The van der Waals surface area contributed by atoms with Crippen molar-refractivity contribution in [2.24, 2.45) is 0 Å². The number of carbonyl (C=O) groups is 1. The van der Waals surface area contributed by atoms with Gasteiger partial charge in [-0.3, -0.25) is 0 Å². The zero-order chi connectivity index (χ0) is 9.42. The summed E-state index contributed by atoms with van der Waals surface area (Å²) in [5, 5.41) is 18.3. The first kappa shape index (κ1) is 7.72. The summed E-state index contributed by atoms with van der Waals surface area (Å²) in [7, 11) is 0. The first-order chi connectivity index (χ1) is 6.18. The molecule has 1 aromatic rings. The molecule has 0 aliphatic carbocycles. The predicted octanol–water partition coefficient (Wildman–Crippen LogP) is 0.604. The van der Waals surface area contributed by atoms with Gasteiger partial charge < -0.3 is 19.7 Å². The van der Waals surface area contributed by atoms with Gasteiger partial charge in [-0.15, -0.1) is 0 Å². The fourth-order valence-corrected chi connectivity index (χ4v) is 1.12. The average Bonchev–Trinajstić information content (AvgIpc) is 2.02. The van der Waals surface area contributed by atoms with Crippen LogP contribution in [0.2, 0.25) is 0 Å². The maximum absolute atomic E-state index is 11.1. The predicted molar refractivity (Wildman–Crippen MR) is 40.7 cm³/mol. The summed E-state index contributed by atoms with van der Waals surface area (Å²) in [4.78, 5) is 11.1. The zero-order valence-electron chi connectivity index (χ0n) is 6.48. The SMILES string of the molecule is O=C1OCOc2cc(O)cc(O)c21. The Kier molecular flexibility index (Phi) is 1.51. The molecule has 0 fully saturated rings. The van der Waals surface area contributed by atoms with Crippen LogP contribution < -0.4 is 4.74 Å². The van der Waals surface area contributed by atoms with Gasteiger partial charge in [-0.05, 0) is 0 Å². The summed E-state index contributed by atoms with van der Waals surface area (Å²) in [6.07, 6.45) is 0. The van der Waals surface area contributed by atoms with E-state index in [-0.39, 0.29) is 29.6 Å². The number of cyclic esters (lactones) is 1. The molecule has 0 atom stereocenters. The number of esters is 1. The van der Waals surface area contributed by atoms with Crippen LogP contribution in [0.4, 0.5) is 0 Å². The zero-order valence-corrected chi connectivity index (χ0v) is 6.48. The summed E-state index contributed by atoms with van der Waals surface area (Å²) < 4.78 is 9.41. The van der Waals surface area contributed by atoms with Gasteiger partial charge in [0, 0.05) is 12.1 Å². The number of hydrogen-bond donors (Lipinski definition) is 2. The quantitative estimate of drug-likeness (QED) is 0.574. The van der Waals surface area contributed by atoms with Gasteiger partial charge in [-0.2, -0.15) is 0 Å². The van der Waals surface area contributed by atoms with E-state index in [0.717, 1.165) is 6.07 Å². The molecule has 0 spiro atoms. The summed E-state index contributed by atoms with van der Waals surface area (Å²) in [6.45, 7) is -0.200. The Morgan fingerprint density at radius 1 is 1.23 bits per heavy atom. The summed E-state index contributed by atoms with van der Waals surface area (Å²) >= 11 is 0. The van der Waals surface area contributed by atoms with Crippen molar-refractivity contribution >= 4 is 5.97 Å². The van der Waals surface area contributed by atoms with E-state index in [4.69, 9.17) is 9.84 Å². The number of phenols is 2. The third-order valence-corrected chi connectivity index (χ3v) is 1.67. The van der Waals surface area contributed by atoms with Crippen molar-refractivity contribution < 1.29 is 24.5 Å². The number of ether oxygens (including phenoxy) is 2. The van der Waals surface area contributed by atoms with Crippen LogP contribution in [0.5, 0.6) is 17.2 Å². The molecule has 0 unspecified atom stereocenters. The molecule has 0 aromatic heterocycles. The number of benzene rings is 1. The molecule has 2 N–H and O–H groups in total. The number of aromatic hydroxyl groups is 2. The van der Waals surface area contributed by atoms with Crippen LogP contribution in [0.25, 0.3) is 0 Å². The van der Waals surface area contributed by atoms with Gasteiger partial charge in [0.25, 0.3) is 0 Å². The Labute approximate surface area is 73.1 Å². The Balaban J connectivity index is 2.63. The Morgan fingerprint density at radius 3 is 2.77 bits per heavy atom. The van der Waals surface area contributed by atoms with Crippen LogP contribution >= 0.6 is 0 Å². The average molecular weight is 182 g/mol. The largest absolute Gasteiger partial charge is 0.508 e. The van der Waals surface area contributed by atoms with E-state index in [2.05, 4.69) is 4.74 Å². The monoisotopic (exact) mass is 182 g/mol. The van der Waals surface area contributed by atoms with Gasteiger partial charge in [0.1, 0.15) is 22.8 Å². The summed E-state index contributed by atoms with van der Waals surface area (Å²) in [5.41, 5.74) is -0.0518. The van der Waals surface area contributed by atoms with Crippen LogP contribution in [-0.2, 0) is 4.74 Å². The van der Waals surface area contributed by atoms with Crippen molar-refractivity contribution in [2.45, 2.75) is 0 Å². The van der Waals surface area contributed by atoms with E-state index in [1.165, 1.54) is 6.07 Å². The molecule has 5 nitrogen and oxygen atoms in total. The molecule has 1 aliphatic rings. The number of carbonyl (C=O) groups excluding carboxylic acids is 1. The minimum Gasteiger partial charge on any atom is -0.508 e. The highest BCUT2D eigenvalue weighted by Crippen LogP contribution is 2.35. The van der Waals surface area contributed by atoms with Crippen molar-refractivity contribution in [3.8, 4) is 17.2 Å². The Morgan fingerprint density at radius 2 is 2.00 bits per heavy atom. The normalized spacial score (nSPS) is 14.3.